The third-order valence-electron chi connectivity index (χ3n) is 3.74. The average Bonchev–Trinajstić information content (AvgIpc) is 2.87. The Morgan fingerprint density at radius 3 is 2.94 bits per heavy atom. The number of aryl methyl sites for hydroxylation is 1. The van der Waals surface area contributed by atoms with Crippen LogP contribution in [-0.2, 0) is 6.54 Å². The lowest BCUT2D eigenvalue weighted by molar-refractivity contribution is 0.0920. The summed E-state index contributed by atoms with van der Waals surface area (Å²) >= 11 is 3.45. The van der Waals surface area contributed by atoms with Gasteiger partial charge in [0.05, 0.1) is 0 Å². The first kappa shape index (κ1) is 13.7. The van der Waals surface area contributed by atoms with Gasteiger partial charge in [0, 0.05) is 23.3 Å². The van der Waals surface area contributed by atoms with Crippen molar-refractivity contribution in [2.75, 3.05) is 0 Å². The Hall–Kier alpha value is -0.770. The van der Waals surface area contributed by atoms with Crippen molar-refractivity contribution in [2.45, 2.75) is 52.1 Å². The molecule has 0 saturated heterocycles. The summed E-state index contributed by atoms with van der Waals surface area (Å²) in [4.78, 5) is 12.3. The molecule has 18 heavy (non-hydrogen) atoms. The van der Waals surface area contributed by atoms with Crippen LogP contribution in [0.15, 0.2) is 16.7 Å². The lowest BCUT2D eigenvalue weighted by atomic mass is 10.1. The highest BCUT2D eigenvalue weighted by molar-refractivity contribution is 9.10. The Morgan fingerprint density at radius 2 is 2.33 bits per heavy atom. The summed E-state index contributed by atoms with van der Waals surface area (Å²) < 4.78 is 3.00. The van der Waals surface area contributed by atoms with Gasteiger partial charge < -0.3 is 9.88 Å². The van der Waals surface area contributed by atoms with Crippen LogP contribution >= 0.6 is 15.9 Å². The van der Waals surface area contributed by atoms with Crippen LogP contribution in [0.1, 0.15) is 50.0 Å². The van der Waals surface area contributed by atoms with Crippen LogP contribution in [0, 0.1) is 5.92 Å². The highest BCUT2D eigenvalue weighted by Crippen LogP contribution is 2.25. The molecule has 1 aliphatic carbocycles. The normalized spacial score (nSPS) is 23.3. The van der Waals surface area contributed by atoms with E-state index in [0.717, 1.165) is 29.6 Å². The highest BCUT2D eigenvalue weighted by Gasteiger charge is 2.26. The average molecular weight is 313 g/mol. The molecule has 2 atom stereocenters. The molecule has 1 N–H and O–H groups in total. The van der Waals surface area contributed by atoms with E-state index in [1.54, 1.807) is 0 Å². The summed E-state index contributed by atoms with van der Waals surface area (Å²) in [5, 5.41) is 3.18. The second-order valence-corrected chi connectivity index (χ2v) is 6.14. The number of amides is 1. The van der Waals surface area contributed by atoms with Crippen molar-refractivity contribution in [3.63, 3.8) is 0 Å². The van der Waals surface area contributed by atoms with Crippen LogP contribution in [-0.4, -0.2) is 16.5 Å². The van der Waals surface area contributed by atoms with E-state index >= 15 is 0 Å². The molecule has 1 fully saturated rings. The van der Waals surface area contributed by atoms with Crippen molar-refractivity contribution in [1.82, 2.24) is 9.88 Å². The quantitative estimate of drug-likeness (QED) is 0.906. The number of nitrogens with zero attached hydrogens (tertiary/aromatic N) is 1. The van der Waals surface area contributed by atoms with Gasteiger partial charge in [-0.3, -0.25) is 4.79 Å². The Balaban J connectivity index is 2.08. The highest BCUT2D eigenvalue weighted by atomic mass is 79.9. The fraction of sp³-hybridized carbons (Fsp3) is 0.643. The number of hydrogen-bond acceptors (Lipinski definition) is 1. The predicted molar refractivity (Wildman–Crippen MR) is 76.7 cm³/mol. The number of carbonyl (C=O) groups excluding carboxylic acids is 1. The molecule has 0 bridgehead atoms. The molecular formula is C14H21BrN2O. The van der Waals surface area contributed by atoms with Crippen LogP contribution in [0.3, 0.4) is 0 Å². The summed E-state index contributed by atoms with van der Waals surface area (Å²) in [6, 6.07) is 2.26. The van der Waals surface area contributed by atoms with E-state index in [2.05, 4.69) is 35.1 Å². The van der Waals surface area contributed by atoms with E-state index in [0.29, 0.717) is 12.0 Å². The smallest absolute Gasteiger partial charge is 0.268 e. The predicted octanol–water partition coefficient (Wildman–Crippen LogP) is 3.58. The molecule has 0 radical (unpaired) electrons. The van der Waals surface area contributed by atoms with Crippen molar-refractivity contribution in [3.05, 3.63) is 22.4 Å². The molecule has 1 heterocycles. The second kappa shape index (κ2) is 5.91. The number of carbonyl (C=O) groups is 1. The topological polar surface area (TPSA) is 34.0 Å². The molecule has 0 spiro atoms. The Bertz CT molecular complexity index is 427. The molecule has 0 aliphatic heterocycles. The Kier molecular flexibility index (Phi) is 4.49. The number of nitrogens with one attached hydrogen (secondary N) is 1. The first-order valence-electron chi connectivity index (χ1n) is 6.78. The lowest BCUT2D eigenvalue weighted by Crippen LogP contribution is -2.37. The summed E-state index contributed by atoms with van der Waals surface area (Å²) in [5.41, 5.74) is 0.767. The molecule has 2 rings (SSSR count). The molecule has 4 heteroatoms. The van der Waals surface area contributed by atoms with E-state index in [-0.39, 0.29) is 5.91 Å². The number of aromatic nitrogens is 1. The van der Waals surface area contributed by atoms with Gasteiger partial charge in [-0.05, 0) is 47.2 Å². The molecule has 3 nitrogen and oxygen atoms in total. The largest absolute Gasteiger partial charge is 0.348 e. The number of rotatable bonds is 4. The van der Waals surface area contributed by atoms with Crippen LogP contribution in [0.4, 0.5) is 0 Å². The summed E-state index contributed by atoms with van der Waals surface area (Å²) in [6.07, 6.45) is 6.58. The summed E-state index contributed by atoms with van der Waals surface area (Å²) in [5.74, 6) is 0.667. The van der Waals surface area contributed by atoms with Gasteiger partial charge in [-0.2, -0.15) is 0 Å². The zero-order valence-electron chi connectivity index (χ0n) is 11.1. The maximum Gasteiger partial charge on any atom is 0.268 e. The maximum atomic E-state index is 12.3. The van der Waals surface area contributed by atoms with Crippen molar-refractivity contribution in [3.8, 4) is 0 Å². The lowest BCUT2D eigenvalue weighted by Gasteiger charge is -2.18. The van der Waals surface area contributed by atoms with E-state index in [1.165, 1.54) is 12.8 Å². The van der Waals surface area contributed by atoms with E-state index in [1.807, 2.05) is 16.8 Å². The van der Waals surface area contributed by atoms with Gasteiger partial charge in [0.1, 0.15) is 5.69 Å². The van der Waals surface area contributed by atoms with Crippen molar-refractivity contribution in [2.24, 2.45) is 5.92 Å². The second-order valence-electron chi connectivity index (χ2n) is 5.23. The molecule has 1 aromatic heterocycles. The first-order chi connectivity index (χ1) is 8.61. The van der Waals surface area contributed by atoms with Gasteiger partial charge in [-0.1, -0.05) is 20.3 Å². The van der Waals surface area contributed by atoms with Crippen LogP contribution < -0.4 is 5.32 Å². The number of hydrogen-bond donors (Lipinski definition) is 1. The molecule has 1 aromatic rings. The van der Waals surface area contributed by atoms with Gasteiger partial charge in [0.15, 0.2) is 0 Å². The Morgan fingerprint density at radius 1 is 1.56 bits per heavy atom. The number of halogens is 1. The van der Waals surface area contributed by atoms with Gasteiger partial charge in [0.25, 0.3) is 5.91 Å². The van der Waals surface area contributed by atoms with Crippen LogP contribution in [0.5, 0.6) is 0 Å². The zero-order chi connectivity index (χ0) is 13.1. The van der Waals surface area contributed by atoms with Crippen molar-refractivity contribution < 1.29 is 4.79 Å². The SMILES string of the molecule is CCCn1cc(Br)cc1C(=O)NC1CCCC1C. The van der Waals surface area contributed by atoms with Gasteiger partial charge in [0.2, 0.25) is 0 Å². The molecular weight excluding hydrogens is 292 g/mol. The van der Waals surface area contributed by atoms with Crippen LogP contribution in [0.2, 0.25) is 0 Å². The zero-order valence-corrected chi connectivity index (χ0v) is 12.7. The molecule has 0 aromatic carbocycles. The molecule has 1 aliphatic rings. The summed E-state index contributed by atoms with van der Waals surface area (Å²) in [7, 11) is 0. The van der Waals surface area contributed by atoms with Crippen molar-refractivity contribution >= 4 is 21.8 Å². The molecule has 100 valence electrons. The van der Waals surface area contributed by atoms with Gasteiger partial charge >= 0.3 is 0 Å². The summed E-state index contributed by atoms with van der Waals surface area (Å²) in [6.45, 7) is 5.22. The molecule has 1 saturated carbocycles. The standard InChI is InChI=1S/C14H21BrN2O/c1-3-7-17-9-11(15)8-13(17)14(18)16-12-6-4-5-10(12)2/h8-10,12H,3-7H2,1-2H3,(H,16,18). The third kappa shape index (κ3) is 2.97. The minimum absolute atomic E-state index is 0.0629. The first-order valence-corrected chi connectivity index (χ1v) is 7.57. The molecule has 2 unspecified atom stereocenters. The van der Waals surface area contributed by atoms with E-state index < -0.39 is 0 Å². The fourth-order valence-corrected chi connectivity index (χ4v) is 3.16. The Labute approximate surface area is 117 Å². The van der Waals surface area contributed by atoms with Gasteiger partial charge in [-0.25, -0.2) is 0 Å². The maximum absolute atomic E-state index is 12.3. The van der Waals surface area contributed by atoms with Crippen molar-refractivity contribution in [1.29, 1.82) is 0 Å². The van der Waals surface area contributed by atoms with E-state index in [4.69, 9.17) is 0 Å². The van der Waals surface area contributed by atoms with E-state index in [9.17, 15) is 4.79 Å². The minimum atomic E-state index is 0.0629. The van der Waals surface area contributed by atoms with Crippen LogP contribution in [0.25, 0.3) is 0 Å². The minimum Gasteiger partial charge on any atom is -0.348 e. The molecule has 1 amide bonds. The third-order valence-corrected chi connectivity index (χ3v) is 4.17. The van der Waals surface area contributed by atoms with Gasteiger partial charge in [-0.15, -0.1) is 0 Å². The fourth-order valence-electron chi connectivity index (χ4n) is 2.69. The monoisotopic (exact) mass is 312 g/mol.